The fourth-order valence-electron chi connectivity index (χ4n) is 1.68. The number of hydrogen-bond donors (Lipinski definition) is 1. The summed E-state index contributed by atoms with van der Waals surface area (Å²) in [5.74, 6) is 1.18. The van der Waals surface area contributed by atoms with Crippen LogP contribution in [0.25, 0.3) is 0 Å². The zero-order valence-corrected chi connectivity index (χ0v) is 13.4. The quantitative estimate of drug-likeness (QED) is 0.822. The number of halogens is 1. The number of methoxy groups -OCH3 is 2. The molecule has 0 saturated heterocycles. The first kappa shape index (κ1) is 16.6. The smallest absolute Gasteiger partial charge is 0.224 e. The van der Waals surface area contributed by atoms with Gasteiger partial charge in [0.2, 0.25) is 5.91 Å². The molecular weight excluding hydrogens is 278 g/mol. The Morgan fingerprint density at radius 3 is 2.40 bits per heavy atom. The number of nitrogens with one attached hydrogen (secondary N) is 1. The summed E-state index contributed by atoms with van der Waals surface area (Å²) in [6.45, 7) is 5.66. The van der Waals surface area contributed by atoms with Crippen molar-refractivity contribution in [1.82, 2.24) is 5.32 Å². The molecule has 20 heavy (non-hydrogen) atoms. The molecule has 1 rings (SSSR count). The molecule has 0 aliphatic rings. The number of benzene rings is 1. The monoisotopic (exact) mass is 299 g/mol. The fourth-order valence-corrected chi connectivity index (χ4v) is 1.73. The number of hydrogen-bond acceptors (Lipinski definition) is 3. The fraction of sp³-hybridized carbons (Fsp3) is 0.533. The van der Waals surface area contributed by atoms with Gasteiger partial charge in [0.05, 0.1) is 31.6 Å². The molecule has 0 aliphatic carbocycles. The van der Waals surface area contributed by atoms with Crippen molar-refractivity contribution in [3.63, 3.8) is 0 Å². The lowest BCUT2D eigenvalue weighted by atomic mass is 10.0. The van der Waals surface area contributed by atoms with E-state index in [-0.39, 0.29) is 17.7 Å². The Labute approximate surface area is 125 Å². The molecule has 0 fully saturated rings. The van der Waals surface area contributed by atoms with Crippen LogP contribution in [0.5, 0.6) is 11.5 Å². The van der Waals surface area contributed by atoms with Crippen molar-refractivity contribution in [2.24, 2.45) is 0 Å². The molecule has 112 valence electrons. The zero-order chi connectivity index (χ0) is 15.3. The van der Waals surface area contributed by atoms with Gasteiger partial charge in [-0.3, -0.25) is 4.79 Å². The molecular formula is C15H22ClNO3. The summed E-state index contributed by atoms with van der Waals surface area (Å²) in [5, 5.41) is 2.77. The number of amides is 1. The molecule has 5 heteroatoms. The van der Waals surface area contributed by atoms with E-state index in [1.54, 1.807) is 26.4 Å². The Morgan fingerprint density at radius 2 is 1.90 bits per heavy atom. The molecule has 0 aromatic heterocycles. The van der Waals surface area contributed by atoms with Gasteiger partial charge < -0.3 is 14.8 Å². The predicted molar refractivity (Wildman–Crippen MR) is 80.8 cm³/mol. The minimum Gasteiger partial charge on any atom is -0.493 e. The first-order valence-electron chi connectivity index (χ1n) is 6.46. The van der Waals surface area contributed by atoms with Crippen molar-refractivity contribution in [3.05, 3.63) is 23.8 Å². The summed E-state index contributed by atoms with van der Waals surface area (Å²) in [6, 6.07) is 5.43. The number of carbonyl (C=O) groups is 1. The maximum Gasteiger partial charge on any atom is 0.224 e. The lowest BCUT2D eigenvalue weighted by molar-refractivity contribution is -0.122. The molecule has 1 atom stereocenters. The normalized spacial score (nSPS) is 12.7. The molecule has 1 unspecified atom stereocenters. The number of alkyl halides is 1. The van der Waals surface area contributed by atoms with Crippen LogP contribution in [0.1, 0.15) is 26.3 Å². The lowest BCUT2D eigenvalue weighted by Gasteiger charge is -2.29. The summed E-state index contributed by atoms with van der Waals surface area (Å²) in [5.41, 5.74) is 0.410. The molecule has 0 saturated carbocycles. The van der Waals surface area contributed by atoms with Crippen molar-refractivity contribution in [2.75, 3.05) is 14.2 Å². The largest absolute Gasteiger partial charge is 0.493 e. The first-order valence-corrected chi connectivity index (χ1v) is 6.89. The summed E-state index contributed by atoms with van der Waals surface area (Å²) in [6.07, 6.45) is 0.271. The van der Waals surface area contributed by atoms with Crippen LogP contribution in [-0.2, 0) is 11.2 Å². The third-order valence-corrected chi connectivity index (χ3v) is 3.81. The highest BCUT2D eigenvalue weighted by molar-refractivity contribution is 6.21. The Bertz CT molecular complexity index is 472. The molecule has 1 aromatic rings. The van der Waals surface area contributed by atoms with Crippen molar-refractivity contribution in [1.29, 1.82) is 0 Å². The van der Waals surface area contributed by atoms with Gasteiger partial charge in [-0.05, 0) is 38.5 Å². The molecule has 0 aliphatic heterocycles. The van der Waals surface area contributed by atoms with E-state index in [2.05, 4.69) is 5.32 Å². The van der Waals surface area contributed by atoms with E-state index < -0.39 is 5.54 Å². The number of rotatable bonds is 6. The summed E-state index contributed by atoms with van der Waals surface area (Å²) < 4.78 is 10.4. The van der Waals surface area contributed by atoms with Crippen LogP contribution in [0.4, 0.5) is 0 Å². The molecule has 1 N–H and O–H groups in total. The van der Waals surface area contributed by atoms with Gasteiger partial charge in [-0.15, -0.1) is 11.6 Å². The van der Waals surface area contributed by atoms with E-state index in [0.29, 0.717) is 11.5 Å². The van der Waals surface area contributed by atoms with E-state index in [4.69, 9.17) is 21.1 Å². The molecule has 0 heterocycles. The minimum absolute atomic E-state index is 0.0743. The lowest BCUT2D eigenvalue weighted by Crippen LogP contribution is -2.49. The van der Waals surface area contributed by atoms with Crippen LogP contribution < -0.4 is 14.8 Å². The summed E-state index contributed by atoms with van der Waals surface area (Å²) in [7, 11) is 3.15. The van der Waals surface area contributed by atoms with Gasteiger partial charge in [-0.1, -0.05) is 6.07 Å². The van der Waals surface area contributed by atoms with Gasteiger partial charge in [0, 0.05) is 0 Å². The van der Waals surface area contributed by atoms with Gasteiger partial charge >= 0.3 is 0 Å². The second-order valence-corrected chi connectivity index (χ2v) is 5.91. The Hall–Kier alpha value is -1.42. The first-order chi connectivity index (χ1) is 9.30. The molecule has 1 aromatic carbocycles. The van der Waals surface area contributed by atoms with E-state index in [0.717, 1.165) is 5.56 Å². The third kappa shape index (κ3) is 4.30. The second-order valence-electron chi connectivity index (χ2n) is 5.25. The van der Waals surface area contributed by atoms with Crippen LogP contribution in [0.15, 0.2) is 18.2 Å². The van der Waals surface area contributed by atoms with Gasteiger partial charge in [-0.2, -0.15) is 0 Å². The van der Waals surface area contributed by atoms with Crippen molar-refractivity contribution in [3.8, 4) is 11.5 Å². The molecule has 0 bridgehead atoms. The highest BCUT2D eigenvalue weighted by Gasteiger charge is 2.26. The predicted octanol–water partition coefficient (Wildman–Crippen LogP) is 2.77. The van der Waals surface area contributed by atoms with E-state index in [1.807, 2.05) is 26.8 Å². The van der Waals surface area contributed by atoms with Gasteiger partial charge in [0.25, 0.3) is 0 Å². The Balaban J connectivity index is 2.76. The molecule has 0 spiro atoms. The zero-order valence-electron chi connectivity index (χ0n) is 12.6. The Kier molecular flexibility index (Phi) is 5.69. The van der Waals surface area contributed by atoms with Crippen LogP contribution >= 0.6 is 11.6 Å². The topological polar surface area (TPSA) is 47.6 Å². The summed E-state index contributed by atoms with van der Waals surface area (Å²) in [4.78, 5) is 12.0. The van der Waals surface area contributed by atoms with Crippen LogP contribution in [0.3, 0.4) is 0 Å². The minimum atomic E-state index is -0.449. The van der Waals surface area contributed by atoms with Gasteiger partial charge in [0.15, 0.2) is 11.5 Å². The summed E-state index contributed by atoms with van der Waals surface area (Å²) >= 11 is 6.05. The van der Waals surface area contributed by atoms with Crippen LogP contribution in [0.2, 0.25) is 0 Å². The highest BCUT2D eigenvalue weighted by Crippen LogP contribution is 2.27. The van der Waals surface area contributed by atoms with E-state index in [1.165, 1.54) is 0 Å². The van der Waals surface area contributed by atoms with Gasteiger partial charge in [0.1, 0.15) is 0 Å². The second kappa shape index (κ2) is 6.84. The van der Waals surface area contributed by atoms with E-state index in [9.17, 15) is 4.79 Å². The third-order valence-electron chi connectivity index (χ3n) is 3.27. The van der Waals surface area contributed by atoms with Crippen LogP contribution in [-0.4, -0.2) is 31.0 Å². The molecule has 0 radical (unpaired) electrons. The standard InChI is InChI=1S/C15H22ClNO3/c1-10(16)15(2,3)17-14(18)9-11-6-7-12(19-4)13(8-11)20-5/h6-8,10H,9H2,1-5H3,(H,17,18). The van der Waals surface area contributed by atoms with E-state index >= 15 is 0 Å². The van der Waals surface area contributed by atoms with Crippen molar-refractivity contribution in [2.45, 2.75) is 38.1 Å². The van der Waals surface area contributed by atoms with Gasteiger partial charge in [-0.25, -0.2) is 0 Å². The SMILES string of the molecule is COc1ccc(CC(=O)NC(C)(C)C(C)Cl)cc1OC. The number of carbonyl (C=O) groups excluding carboxylic acids is 1. The van der Waals surface area contributed by atoms with Crippen molar-refractivity contribution < 1.29 is 14.3 Å². The van der Waals surface area contributed by atoms with Crippen molar-refractivity contribution >= 4 is 17.5 Å². The maximum atomic E-state index is 12.0. The highest BCUT2D eigenvalue weighted by atomic mass is 35.5. The average molecular weight is 300 g/mol. The Morgan fingerprint density at radius 1 is 1.30 bits per heavy atom. The maximum absolute atomic E-state index is 12.0. The van der Waals surface area contributed by atoms with Crippen LogP contribution in [0, 0.1) is 0 Å². The average Bonchev–Trinajstić information content (AvgIpc) is 2.37. The molecule has 4 nitrogen and oxygen atoms in total. The number of ether oxygens (including phenoxy) is 2. The molecule has 1 amide bonds.